The minimum absolute atomic E-state index is 0.116. The Kier molecular flexibility index (Phi) is 4.20. The van der Waals surface area contributed by atoms with Crippen molar-refractivity contribution in [1.29, 1.82) is 5.26 Å². The van der Waals surface area contributed by atoms with E-state index in [9.17, 15) is 8.42 Å². The van der Waals surface area contributed by atoms with Gasteiger partial charge in [0, 0.05) is 6.04 Å². The van der Waals surface area contributed by atoms with Crippen molar-refractivity contribution < 1.29 is 8.42 Å². The van der Waals surface area contributed by atoms with Gasteiger partial charge in [0.05, 0.1) is 17.4 Å². The maximum Gasteiger partial charge on any atom is 0.216 e. The Labute approximate surface area is 136 Å². The summed E-state index contributed by atoms with van der Waals surface area (Å²) in [5, 5.41) is 8.91. The predicted molar refractivity (Wildman–Crippen MR) is 89.1 cm³/mol. The van der Waals surface area contributed by atoms with Crippen LogP contribution >= 0.6 is 0 Å². The zero-order chi connectivity index (χ0) is 16.4. The molecule has 1 aliphatic rings. The minimum atomic E-state index is -3.47. The molecule has 0 aliphatic heterocycles. The van der Waals surface area contributed by atoms with Crippen LogP contribution in [0.25, 0.3) is 0 Å². The molecule has 2 aromatic carbocycles. The summed E-state index contributed by atoms with van der Waals surface area (Å²) in [6.07, 6.45) is 0.775. The zero-order valence-corrected chi connectivity index (χ0v) is 13.7. The molecule has 2 atom stereocenters. The molecular weight excluding hydrogens is 308 g/mol. The third-order valence-electron chi connectivity index (χ3n) is 4.23. The summed E-state index contributed by atoms with van der Waals surface area (Å²) in [6.45, 7) is 2.11. The molecule has 0 saturated heterocycles. The Balaban J connectivity index is 1.79. The molecule has 1 aliphatic carbocycles. The van der Waals surface area contributed by atoms with Crippen LogP contribution in [-0.4, -0.2) is 8.42 Å². The highest BCUT2D eigenvalue weighted by Gasteiger charge is 2.30. The standard InChI is InChI=1S/C18H18N2O2S/c1-13-9-18(17-8-3-2-7-16(13)17)20-23(21,22)12-15-6-4-5-14(10-15)11-19/h2-8,10,13,18,20H,9,12H2,1H3. The van der Waals surface area contributed by atoms with Crippen molar-refractivity contribution in [1.82, 2.24) is 4.72 Å². The smallest absolute Gasteiger partial charge is 0.212 e. The van der Waals surface area contributed by atoms with Gasteiger partial charge in [0.25, 0.3) is 0 Å². The first-order valence-corrected chi connectivity index (χ1v) is 9.21. The van der Waals surface area contributed by atoms with Crippen molar-refractivity contribution in [3.63, 3.8) is 0 Å². The van der Waals surface area contributed by atoms with Crippen molar-refractivity contribution in [3.05, 3.63) is 70.8 Å². The molecule has 0 radical (unpaired) electrons. The molecule has 5 heteroatoms. The third-order valence-corrected chi connectivity index (χ3v) is 5.58. The summed E-state index contributed by atoms with van der Waals surface area (Å²) >= 11 is 0. The molecular formula is C18H18N2O2S. The minimum Gasteiger partial charge on any atom is -0.212 e. The molecule has 0 amide bonds. The number of nitrogens with zero attached hydrogens (tertiary/aromatic N) is 1. The largest absolute Gasteiger partial charge is 0.216 e. The van der Waals surface area contributed by atoms with E-state index in [0.717, 1.165) is 12.0 Å². The molecule has 2 aromatic rings. The highest BCUT2D eigenvalue weighted by Crippen LogP contribution is 2.40. The van der Waals surface area contributed by atoms with Gasteiger partial charge in [-0.25, -0.2) is 13.1 Å². The van der Waals surface area contributed by atoms with Gasteiger partial charge >= 0.3 is 0 Å². The molecule has 2 unspecified atom stereocenters. The molecule has 3 rings (SSSR count). The Bertz CT molecular complexity index is 869. The second-order valence-corrected chi connectivity index (χ2v) is 7.76. The normalized spacial score (nSPS) is 20.0. The zero-order valence-electron chi connectivity index (χ0n) is 12.9. The molecule has 0 saturated carbocycles. The summed E-state index contributed by atoms with van der Waals surface area (Å²) in [5.74, 6) is 0.232. The van der Waals surface area contributed by atoms with E-state index in [1.807, 2.05) is 24.3 Å². The Morgan fingerprint density at radius 1 is 1.17 bits per heavy atom. The summed E-state index contributed by atoms with van der Waals surface area (Å²) in [6, 6.07) is 16.5. The number of benzene rings is 2. The van der Waals surface area contributed by atoms with Crippen molar-refractivity contribution in [2.45, 2.75) is 31.1 Å². The van der Waals surface area contributed by atoms with E-state index in [0.29, 0.717) is 17.0 Å². The fourth-order valence-electron chi connectivity index (χ4n) is 3.20. The second-order valence-electron chi connectivity index (χ2n) is 6.01. The molecule has 23 heavy (non-hydrogen) atoms. The van der Waals surface area contributed by atoms with Gasteiger partial charge in [-0.15, -0.1) is 0 Å². The van der Waals surface area contributed by atoms with Crippen LogP contribution in [0.3, 0.4) is 0 Å². The van der Waals surface area contributed by atoms with Crippen LogP contribution in [0.5, 0.6) is 0 Å². The summed E-state index contributed by atoms with van der Waals surface area (Å²) < 4.78 is 27.8. The maximum absolute atomic E-state index is 12.5. The van der Waals surface area contributed by atoms with E-state index in [1.165, 1.54) is 5.56 Å². The monoisotopic (exact) mass is 326 g/mol. The summed E-state index contributed by atoms with van der Waals surface area (Å²) in [5.41, 5.74) is 3.37. The lowest BCUT2D eigenvalue weighted by Crippen LogP contribution is -2.28. The molecule has 118 valence electrons. The number of hydrogen-bond donors (Lipinski definition) is 1. The predicted octanol–water partition coefficient (Wildman–Crippen LogP) is 3.23. The number of nitrogens with one attached hydrogen (secondary N) is 1. The van der Waals surface area contributed by atoms with Gasteiger partial charge in [0.1, 0.15) is 0 Å². The fourth-order valence-corrected chi connectivity index (χ4v) is 4.56. The number of nitriles is 1. The van der Waals surface area contributed by atoms with Crippen LogP contribution < -0.4 is 4.72 Å². The Morgan fingerprint density at radius 3 is 2.65 bits per heavy atom. The van der Waals surface area contributed by atoms with Gasteiger partial charge < -0.3 is 0 Å². The Morgan fingerprint density at radius 2 is 1.91 bits per heavy atom. The Hall–Kier alpha value is -2.16. The summed E-state index contributed by atoms with van der Waals surface area (Å²) in [7, 11) is -3.47. The van der Waals surface area contributed by atoms with Gasteiger partial charge in [-0.2, -0.15) is 5.26 Å². The molecule has 0 spiro atoms. The van der Waals surface area contributed by atoms with Crippen molar-refractivity contribution in [2.24, 2.45) is 0 Å². The lowest BCUT2D eigenvalue weighted by molar-refractivity contribution is 0.541. The molecule has 0 fully saturated rings. The van der Waals surface area contributed by atoms with Crippen LogP contribution in [0, 0.1) is 11.3 Å². The van der Waals surface area contributed by atoms with E-state index in [4.69, 9.17) is 5.26 Å². The van der Waals surface area contributed by atoms with Gasteiger partial charge in [0.15, 0.2) is 0 Å². The van der Waals surface area contributed by atoms with Crippen LogP contribution in [0.1, 0.15) is 47.6 Å². The lowest BCUT2D eigenvalue weighted by atomic mass is 10.0. The van der Waals surface area contributed by atoms with Crippen LogP contribution in [0.2, 0.25) is 0 Å². The van der Waals surface area contributed by atoms with Gasteiger partial charge in [-0.1, -0.05) is 43.3 Å². The van der Waals surface area contributed by atoms with Crippen molar-refractivity contribution in [2.75, 3.05) is 0 Å². The number of rotatable bonds is 4. The summed E-state index contributed by atoms with van der Waals surface area (Å²) in [4.78, 5) is 0. The van der Waals surface area contributed by atoms with Crippen molar-refractivity contribution in [3.8, 4) is 6.07 Å². The lowest BCUT2D eigenvalue weighted by Gasteiger charge is -2.14. The van der Waals surface area contributed by atoms with E-state index >= 15 is 0 Å². The number of sulfonamides is 1. The molecule has 0 heterocycles. The average molecular weight is 326 g/mol. The fraction of sp³-hybridized carbons (Fsp3) is 0.278. The third kappa shape index (κ3) is 3.44. The molecule has 1 N–H and O–H groups in total. The highest BCUT2D eigenvalue weighted by molar-refractivity contribution is 7.88. The molecule has 4 nitrogen and oxygen atoms in total. The van der Waals surface area contributed by atoms with Gasteiger partial charge in [-0.05, 0) is 41.2 Å². The van der Waals surface area contributed by atoms with E-state index in [1.54, 1.807) is 24.3 Å². The van der Waals surface area contributed by atoms with Crippen molar-refractivity contribution >= 4 is 10.0 Å². The first-order chi connectivity index (χ1) is 11.0. The van der Waals surface area contributed by atoms with Gasteiger partial charge in [-0.3, -0.25) is 0 Å². The first-order valence-electron chi connectivity index (χ1n) is 7.56. The molecule has 0 bridgehead atoms. The number of hydrogen-bond acceptors (Lipinski definition) is 3. The second kappa shape index (κ2) is 6.15. The SMILES string of the molecule is CC1CC(NS(=O)(=O)Cc2cccc(C#N)c2)c2ccccc21. The average Bonchev–Trinajstić information content (AvgIpc) is 2.83. The first kappa shape index (κ1) is 15.7. The van der Waals surface area contributed by atoms with E-state index < -0.39 is 10.0 Å². The quantitative estimate of drug-likeness (QED) is 0.938. The van der Waals surface area contributed by atoms with Gasteiger partial charge in [0.2, 0.25) is 10.0 Å². The van der Waals surface area contributed by atoms with E-state index in [2.05, 4.69) is 17.7 Å². The molecule has 0 aromatic heterocycles. The van der Waals surface area contributed by atoms with Crippen LogP contribution in [0.15, 0.2) is 48.5 Å². The highest BCUT2D eigenvalue weighted by atomic mass is 32.2. The topological polar surface area (TPSA) is 70.0 Å². The van der Waals surface area contributed by atoms with E-state index in [-0.39, 0.29) is 11.8 Å². The maximum atomic E-state index is 12.5. The number of fused-ring (bicyclic) bond motifs is 1. The van der Waals surface area contributed by atoms with Crippen LogP contribution in [-0.2, 0) is 15.8 Å². The van der Waals surface area contributed by atoms with Crippen LogP contribution in [0.4, 0.5) is 0 Å².